The maximum atomic E-state index is 11.4. The van der Waals surface area contributed by atoms with Crippen molar-refractivity contribution in [2.45, 2.75) is 13.8 Å². The minimum absolute atomic E-state index is 0.0676. The third-order valence-corrected chi connectivity index (χ3v) is 8.39. The van der Waals surface area contributed by atoms with E-state index in [4.69, 9.17) is 33.2 Å². The molecule has 0 aliphatic carbocycles. The molecule has 4 aromatic carbocycles. The summed E-state index contributed by atoms with van der Waals surface area (Å²) >= 11 is 12.2. The highest BCUT2D eigenvalue weighted by molar-refractivity contribution is 8.87. The van der Waals surface area contributed by atoms with E-state index in [1.807, 2.05) is 38.1 Å². The van der Waals surface area contributed by atoms with Crippen LogP contribution >= 0.6 is 44.8 Å². The second-order valence-corrected chi connectivity index (χ2v) is 11.4. The van der Waals surface area contributed by atoms with Crippen molar-refractivity contribution in [1.29, 1.82) is 0 Å². The van der Waals surface area contributed by atoms with Crippen molar-refractivity contribution in [3.8, 4) is 0 Å². The second-order valence-electron chi connectivity index (χ2n) is 8.47. The van der Waals surface area contributed by atoms with E-state index in [0.29, 0.717) is 31.5 Å². The summed E-state index contributed by atoms with van der Waals surface area (Å²) in [5, 5.41) is 25.0. The number of hydrogen-bond acceptors (Lipinski definition) is 8. The summed E-state index contributed by atoms with van der Waals surface area (Å²) in [7, 11) is 2.59. The minimum atomic E-state index is -0.463. The molecule has 40 heavy (non-hydrogen) atoms. The molecule has 0 saturated heterocycles. The number of aryl methyl sites for hydroxylation is 2. The number of non-ortho nitro benzene ring substituents is 2. The van der Waals surface area contributed by atoms with E-state index < -0.39 is 9.85 Å². The first-order valence-electron chi connectivity index (χ1n) is 11.6. The van der Waals surface area contributed by atoms with Crippen molar-refractivity contribution in [1.82, 2.24) is 0 Å². The largest absolute Gasteiger partial charge is 0.271 e. The van der Waals surface area contributed by atoms with Crippen molar-refractivity contribution in [3.05, 3.63) is 137 Å². The topological polar surface area (TPSA) is 111 Å². The Kier molecular flexibility index (Phi) is 9.59. The SMILES string of the molecule is Cc1ccc([N+](=O)[O-])cc1N=C(SSC(=Nc1cc([N+](=O)[O-])ccc1C)c1ccc(Cl)cc1)c1ccc(Cl)cc1. The van der Waals surface area contributed by atoms with Crippen molar-refractivity contribution in [2.75, 3.05) is 0 Å². The number of rotatable bonds is 6. The minimum Gasteiger partial charge on any atom is -0.258 e. The first-order valence-corrected chi connectivity index (χ1v) is 14.5. The van der Waals surface area contributed by atoms with E-state index in [1.54, 1.807) is 36.4 Å². The summed E-state index contributed by atoms with van der Waals surface area (Å²) in [6, 6.07) is 23.2. The van der Waals surface area contributed by atoms with Crippen LogP contribution in [0.4, 0.5) is 22.7 Å². The quantitative estimate of drug-likeness (QED) is 0.0706. The molecule has 0 fully saturated rings. The van der Waals surface area contributed by atoms with Crippen LogP contribution in [0.3, 0.4) is 0 Å². The molecule has 0 saturated carbocycles. The number of nitro benzene ring substituents is 2. The van der Waals surface area contributed by atoms with Crippen LogP contribution in [0, 0.1) is 34.1 Å². The van der Waals surface area contributed by atoms with Gasteiger partial charge in [0.25, 0.3) is 11.4 Å². The Morgan fingerprint density at radius 2 is 0.975 bits per heavy atom. The molecule has 0 amide bonds. The van der Waals surface area contributed by atoms with Gasteiger partial charge in [-0.15, -0.1) is 0 Å². The lowest BCUT2D eigenvalue weighted by molar-refractivity contribution is -0.385. The molecule has 202 valence electrons. The zero-order chi connectivity index (χ0) is 28.8. The maximum Gasteiger partial charge on any atom is 0.271 e. The van der Waals surface area contributed by atoms with Crippen LogP contribution in [0.2, 0.25) is 10.0 Å². The Morgan fingerprint density at radius 1 is 0.625 bits per heavy atom. The van der Waals surface area contributed by atoms with Crippen molar-refractivity contribution in [2.24, 2.45) is 9.98 Å². The van der Waals surface area contributed by atoms with E-state index in [1.165, 1.54) is 45.9 Å². The van der Waals surface area contributed by atoms with Gasteiger partial charge in [0.1, 0.15) is 10.1 Å². The average Bonchev–Trinajstić information content (AvgIpc) is 2.93. The summed E-state index contributed by atoms with van der Waals surface area (Å²) in [6.45, 7) is 3.65. The molecular weight excluding hydrogens is 591 g/mol. The van der Waals surface area contributed by atoms with Gasteiger partial charge in [-0.2, -0.15) is 0 Å². The van der Waals surface area contributed by atoms with E-state index in [9.17, 15) is 20.2 Å². The number of hydrogen-bond donors (Lipinski definition) is 0. The molecule has 0 spiro atoms. The number of aliphatic imine (C=N–C) groups is 2. The maximum absolute atomic E-state index is 11.4. The Balaban J connectivity index is 1.79. The zero-order valence-electron chi connectivity index (χ0n) is 21.1. The average molecular weight is 612 g/mol. The van der Waals surface area contributed by atoms with Crippen molar-refractivity contribution < 1.29 is 9.85 Å². The molecule has 12 heteroatoms. The molecule has 4 aromatic rings. The van der Waals surface area contributed by atoms with Crippen molar-refractivity contribution in [3.63, 3.8) is 0 Å². The molecule has 0 aromatic heterocycles. The zero-order valence-corrected chi connectivity index (χ0v) is 24.2. The normalized spacial score (nSPS) is 11.9. The van der Waals surface area contributed by atoms with Crippen LogP contribution in [0.1, 0.15) is 22.3 Å². The van der Waals surface area contributed by atoms with Gasteiger partial charge in [-0.3, -0.25) is 20.2 Å². The standard InChI is InChI=1S/C28H20Cl2N4O4S2/c1-17-3-13-23(33(35)36)15-25(17)31-27(19-5-9-21(29)10-6-19)39-40-28(20-7-11-22(30)12-8-20)32-26-16-24(34(37)38)14-4-18(26)2/h3-16H,1-2H3. The molecule has 8 nitrogen and oxygen atoms in total. The summed E-state index contributed by atoms with van der Waals surface area (Å²) in [6.07, 6.45) is 0. The number of nitro groups is 2. The van der Waals surface area contributed by atoms with E-state index in [-0.39, 0.29) is 11.4 Å². The van der Waals surface area contributed by atoms with Gasteiger partial charge >= 0.3 is 0 Å². The Bertz CT molecular complexity index is 1520. The summed E-state index contributed by atoms with van der Waals surface area (Å²) in [5.41, 5.74) is 3.79. The molecule has 0 radical (unpaired) electrons. The fourth-order valence-electron chi connectivity index (χ4n) is 3.41. The Morgan fingerprint density at radius 3 is 1.30 bits per heavy atom. The van der Waals surface area contributed by atoms with Gasteiger partial charge < -0.3 is 0 Å². The van der Waals surface area contributed by atoms with Crippen LogP contribution in [-0.2, 0) is 0 Å². The van der Waals surface area contributed by atoms with Crippen LogP contribution in [0.5, 0.6) is 0 Å². The third-order valence-electron chi connectivity index (χ3n) is 5.63. The first-order chi connectivity index (χ1) is 19.1. The lowest BCUT2D eigenvalue weighted by Crippen LogP contribution is -1.99. The highest BCUT2D eigenvalue weighted by atomic mass is 35.5. The van der Waals surface area contributed by atoms with Crippen LogP contribution in [0.25, 0.3) is 0 Å². The molecule has 0 bridgehead atoms. The van der Waals surface area contributed by atoms with Crippen LogP contribution in [0.15, 0.2) is 94.9 Å². The van der Waals surface area contributed by atoms with Gasteiger partial charge in [-0.05, 0) is 70.8 Å². The van der Waals surface area contributed by atoms with E-state index in [2.05, 4.69) is 0 Å². The van der Waals surface area contributed by atoms with Gasteiger partial charge in [-0.25, -0.2) is 9.98 Å². The first kappa shape index (κ1) is 29.3. The fourth-order valence-corrected chi connectivity index (χ4v) is 5.83. The Hall–Kier alpha value is -3.70. The lowest BCUT2D eigenvalue weighted by Gasteiger charge is -2.11. The predicted molar refractivity (Wildman–Crippen MR) is 166 cm³/mol. The summed E-state index contributed by atoms with van der Waals surface area (Å²) in [4.78, 5) is 31.4. The summed E-state index contributed by atoms with van der Waals surface area (Å²) in [5.74, 6) is 0. The van der Waals surface area contributed by atoms with Crippen molar-refractivity contribution >= 4 is 77.6 Å². The fraction of sp³-hybridized carbons (Fsp3) is 0.0714. The molecule has 0 N–H and O–H groups in total. The van der Waals surface area contributed by atoms with Crippen LogP contribution < -0.4 is 0 Å². The molecule has 0 atom stereocenters. The third kappa shape index (κ3) is 7.48. The van der Waals surface area contributed by atoms with E-state index >= 15 is 0 Å². The smallest absolute Gasteiger partial charge is 0.258 e. The molecule has 4 rings (SSSR count). The van der Waals surface area contributed by atoms with Gasteiger partial charge in [-0.1, -0.05) is 59.6 Å². The Labute approximate surface area is 247 Å². The number of benzene rings is 4. The molecule has 0 heterocycles. The predicted octanol–water partition coefficient (Wildman–Crippen LogP) is 9.66. The number of nitrogens with zero attached hydrogens (tertiary/aromatic N) is 4. The molecule has 0 unspecified atom stereocenters. The second kappa shape index (κ2) is 13.1. The lowest BCUT2D eigenvalue weighted by atomic mass is 10.2. The monoisotopic (exact) mass is 610 g/mol. The molecule has 0 aliphatic rings. The summed E-state index contributed by atoms with van der Waals surface area (Å²) < 4.78 is 0. The van der Waals surface area contributed by atoms with Gasteiger partial charge in [0.2, 0.25) is 0 Å². The van der Waals surface area contributed by atoms with Gasteiger partial charge in [0.05, 0.1) is 21.2 Å². The molecule has 0 aliphatic heterocycles. The van der Waals surface area contributed by atoms with E-state index in [0.717, 1.165) is 22.3 Å². The van der Waals surface area contributed by atoms with Crippen LogP contribution in [-0.4, -0.2) is 19.9 Å². The molecular formula is C28H20Cl2N4O4S2. The van der Waals surface area contributed by atoms with Gasteiger partial charge in [0, 0.05) is 45.4 Å². The van der Waals surface area contributed by atoms with Gasteiger partial charge in [0.15, 0.2) is 0 Å². The number of halogens is 2. The highest BCUT2D eigenvalue weighted by Crippen LogP contribution is 2.37. The highest BCUT2D eigenvalue weighted by Gasteiger charge is 2.16.